The normalized spacial score (nSPS) is 17.4. The Bertz CT molecular complexity index is 686. The molecule has 2 aromatic rings. The number of carbonyl (C=O) groups excluding carboxylic acids is 1. The van der Waals surface area contributed by atoms with Gasteiger partial charge in [-0.05, 0) is 25.3 Å². The maximum Gasteiger partial charge on any atom is 0.248 e. The molecular formula is C17H23ClN4O3. The maximum absolute atomic E-state index is 12.4. The lowest BCUT2D eigenvalue weighted by atomic mass is 9.90. The van der Waals surface area contributed by atoms with Crippen molar-refractivity contribution in [1.29, 1.82) is 0 Å². The third kappa shape index (κ3) is 4.78. The quantitative estimate of drug-likeness (QED) is 0.835. The van der Waals surface area contributed by atoms with Gasteiger partial charge in [0, 0.05) is 19.6 Å². The van der Waals surface area contributed by atoms with Gasteiger partial charge in [0.15, 0.2) is 5.82 Å². The van der Waals surface area contributed by atoms with Gasteiger partial charge in [-0.3, -0.25) is 4.79 Å². The van der Waals surface area contributed by atoms with Crippen LogP contribution in [0.4, 0.5) is 0 Å². The highest BCUT2D eigenvalue weighted by Gasteiger charge is 2.37. The number of carbonyl (C=O) groups is 1. The molecule has 0 bridgehead atoms. The van der Waals surface area contributed by atoms with Crippen molar-refractivity contribution in [3.8, 4) is 0 Å². The molecule has 1 fully saturated rings. The van der Waals surface area contributed by atoms with E-state index in [0.29, 0.717) is 44.2 Å². The molecule has 136 valence electrons. The minimum atomic E-state index is -0.889. The lowest BCUT2D eigenvalue weighted by Crippen LogP contribution is -2.57. The first kappa shape index (κ1) is 19.4. The van der Waals surface area contributed by atoms with Gasteiger partial charge in [-0.15, -0.1) is 12.4 Å². The molecule has 1 saturated heterocycles. The van der Waals surface area contributed by atoms with E-state index < -0.39 is 11.6 Å². The van der Waals surface area contributed by atoms with Crippen LogP contribution in [0.2, 0.25) is 0 Å². The predicted molar refractivity (Wildman–Crippen MR) is 94.3 cm³/mol. The number of amides is 1. The van der Waals surface area contributed by atoms with Crippen molar-refractivity contribution in [3.63, 3.8) is 0 Å². The lowest BCUT2D eigenvalue weighted by Gasteiger charge is -2.32. The molecule has 1 aromatic carbocycles. The van der Waals surface area contributed by atoms with Crippen LogP contribution in [0.15, 0.2) is 34.9 Å². The fraction of sp³-hybridized carbons (Fsp3) is 0.471. The average molecular weight is 367 g/mol. The largest absolute Gasteiger partial charge is 0.381 e. The van der Waals surface area contributed by atoms with E-state index in [-0.39, 0.29) is 18.3 Å². The van der Waals surface area contributed by atoms with Crippen LogP contribution in [-0.4, -0.2) is 34.8 Å². The monoisotopic (exact) mass is 366 g/mol. The highest BCUT2D eigenvalue weighted by molar-refractivity contribution is 5.86. The van der Waals surface area contributed by atoms with E-state index >= 15 is 0 Å². The fourth-order valence-corrected chi connectivity index (χ4v) is 2.66. The Kier molecular flexibility index (Phi) is 6.52. The number of hydrogen-bond donors (Lipinski definition) is 2. The van der Waals surface area contributed by atoms with E-state index in [9.17, 15) is 4.79 Å². The van der Waals surface area contributed by atoms with Crippen molar-refractivity contribution in [1.82, 2.24) is 15.5 Å². The van der Waals surface area contributed by atoms with Crippen LogP contribution in [0.3, 0.4) is 0 Å². The first-order valence-corrected chi connectivity index (χ1v) is 8.11. The van der Waals surface area contributed by atoms with Crippen LogP contribution >= 0.6 is 12.4 Å². The molecule has 0 radical (unpaired) electrons. The molecule has 8 heteroatoms. The summed E-state index contributed by atoms with van der Waals surface area (Å²) in [5, 5.41) is 6.85. The molecule has 0 saturated carbocycles. The molecule has 1 amide bonds. The van der Waals surface area contributed by atoms with Gasteiger partial charge in [-0.2, -0.15) is 4.98 Å². The summed E-state index contributed by atoms with van der Waals surface area (Å²) < 4.78 is 10.5. The number of aromatic nitrogens is 2. The standard InChI is InChI=1S/C17H22N4O3.ClH/c1-12(19-16(22)17(18)7-9-23-10-8-17)15-20-14(21-24-15)11-13-5-3-2-4-6-13;/h2-6,12H,7-11,18H2,1H3,(H,19,22);1H. The van der Waals surface area contributed by atoms with Crippen LogP contribution in [0, 0.1) is 0 Å². The van der Waals surface area contributed by atoms with Gasteiger partial charge >= 0.3 is 0 Å². The summed E-state index contributed by atoms with van der Waals surface area (Å²) in [6, 6.07) is 9.51. The summed E-state index contributed by atoms with van der Waals surface area (Å²) >= 11 is 0. The second-order valence-corrected chi connectivity index (χ2v) is 6.17. The zero-order valence-electron chi connectivity index (χ0n) is 14.1. The third-order valence-corrected chi connectivity index (χ3v) is 4.24. The van der Waals surface area contributed by atoms with Crippen molar-refractivity contribution in [2.75, 3.05) is 13.2 Å². The van der Waals surface area contributed by atoms with Crippen molar-refractivity contribution < 1.29 is 14.1 Å². The second kappa shape index (κ2) is 8.42. The lowest BCUT2D eigenvalue weighted by molar-refractivity contribution is -0.130. The number of benzene rings is 1. The number of nitrogens with one attached hydrogen (secondary N) is 1. The van der Waals surface area contributed by atoms with Gasteiger partial charge < -0.3 is 20.3 Å². The van der Waals surface area contributed by atoms with Crippen molar-refractivity contribution in [2.45, 2.75) is 37.8 Å². The molecule has 1 atom stereocenters. The van der Waals surface area contributed by atoms with Gasteiger partial charge in [0.25, 0.3) is 0 Å². The summed E-state index contributed by atoms with van der Waals surface area (Å²) in [5.74, 6) is 0.761. The number of rotatable bonds is 5. The Balaban J connectivity index is 0.00000225. The SMILES string of the molecule is CC(NC(=O)C1(N)CCOCC1)c1nc(Cc2ccccc2)no1.Cl. The first-order chi connectivity index (χ1) is 11.6. The highest BCUT2D eigenvalue weighted by Crippen LogP contribution is 2.20. The molecular weight excluding hydrogens is 344 g/mol. The second-order valence-electron chi connectivity index (χ2n) is 6.17. The zero-order valence-corrected chi connectivity index (χ0v) is 14.9. The topological polar surface area (TPSA) is 103 Å². The molecule has 1 unspecified atom stereocenters. The number of nitrogens with zero attached hydrogens (tertiary/aromatic N) is 2. The molecule has 0 spiro atoms. The highest BCUT2D eigenvalue weighted by atomic mass is 35.5. The number of nitrogens with two attached hydrogens (primary N) is 1. The van der Waals surface area contributed by atoms with Crippen LogP contribution < -0.4 is 11.1 Å². The first-order valence-electron chi connectivity index (χ1n) is 8.11. The van der Waals surface area contributed by atoms with Crippen molar-refractivity contribution >= 4 is 18.3 Å². The van der Waals surface area contributed by atoms with Crippen LogP contribution in [0.25, 0.3) is 0 Å². The van der Waals surface area contributed by atoms with E-state index in [1.54, 1.807) is 6.92 Å². The summed E-state index contributed by atoms with van der Waals surface area (Å²) in [6.07, 6.45) is 1.60. The Labute approximate surface area is 152 Å². The zero-order chi connectivity index (χ0) is 17.0. The van der Waals surface area contributed by atoms with Gasteiger partial charge in [-0.1, -0.05) is 35.5 Å². The van der Waals surface area contributed by atoms with Crippen LogP contribution in [-0.2, 0) is 16.0 Å². The van der Waals surface area contributed by atoms with Crippen LogP contribution in [0.1, 0.15) is 43.1 Å². The number of ether oxygens (including phenoxy) is 1. The molecule has 1 aliphatic rings. The van der Waals surface area contributed by atoms with E-state index in [2.05, 4.69) is 15.5 Å². The Morgan fingerprint density at radius 3 is 2.68 bits per heavy atom. The molecule has 0 aliphatic carbocycles. The van der Waals surface area contributed by atoms with Crippen molar-refractivity contribution in [3.05, 3.63) is 47.6 Å². The van der Waals surface area contributed by atoms with Gasteiger partial charge in [0.05, 0.1) is 5.54 Å². The van der Waals surface area contributed by atoms with E-state index in [4.69, 9.17) is 15.0 Å². The minimum Gasteiger partial charge on any atom is -0.381 e. The van der Waals surface area contributed by atoms with Gasteiger partial charge in [0.2, 0.25) is 11.8 Å². The molecule has 3 rings (SSSR count). The predicted octanol–water partition coefficient (Wildman–Crippen LogP) is 1.77. The van der Waals surface area contributed by atoms with Crippen molar-refractivity contribution in [2.24, 2.45) is 5.73 Å². The molecule has 25 heavy (non-hydrogen) atoms. The molecule has 1 aliphatic heterocycles. The molecule has 3 N–H and O–H groups in total. The van der Waals surface area contributed by atoms with E-state index in [1.165, 1.54) is 0 Å². The third-order valence-electron chi connectivity index (χ3n) is 4.24. The average Bonchev–Trinajstić information content (AvgIpc) is 3.05. The fourth-order valence-electron chi connectivity index (χ4n) is 2.66. The Hall–Kier alpha value is -1.96. The van der Waals surface area contributed by atoms with E-state index in [0.717, 1.165) is 5.56 Å². The van der Waals surface area contributed by atoms with Gasteiger partial charge in [-0.25, -0.2) is 0 Å². The maximum atomic E-state index is 12.4. The van der Waals surface area contributed by atoms with Crippen LogP contribution in [0.5, 0.6) is 0 Å². The Morgan fingerprint density at radius 1 is 1.32 bits per heavy atom. The molecule has 7 nitrogen and oxygen atoms in total. The summed E-state index contributed by atoms with van der Waals surface area (Å²) in [7, 11) is 0. The summed E-state index contributed by atoms with van der Waals surface area (Å²) in [5.41, 5.74) is 6.39. The number of halogens is 1. The minimum absolute atomic E-state index is 0. The smallest absolute Gasteiger partial charge is 0.248 e. The number of hydrogen-bond acceptors (Lipinski definition) is 6. The summed E-state index contributed by atoms with van der Waals surface area (Å²) in [6.45, 7) is 2.81. The van der Waals surface area contributed by atoms with Gasteiger partial charge in [0.1, 0.15) is 6.04 Å². The molecule has 2 heterocycles. The van der Waals surface area contributed by atoms with E-state index in [1.807, 2.05) is 30.3 Å². The Morgan fingerprint density at radius 2 is 2.00 bits per heavy atom. The summed E-state index contributed by atoms with van der Waals surface area (Å²) in [4.78, 5) is 16.8. The molecule has 1 aromatic heterocycles.